The van der Waals surface area contributed by atoms with Crippen molar-refractivity contribution in [3.05, 3.63) is 23.8 Å². The summed E-state index contributed by atoms with van der Waals surface area (Å²) in [5.41, 5.74) is 1.15. The van der Waals surface area contributed by atoms with Crippen molar-refractivity contribution in [1.82, 2.24) is 4.90 Å². The molecule has 1 amide bonds. The quantitative estimate of drug-likeness (QED) is 0.842. The zero-order chi connectivity index (χ0) is 14.2. The number of benzene rings is 1. The van der Waals surface area contributed by atoms with E-state index in [9.17, 15) is 4.79 Å². The summed E-state index contributed by atoms with van der Waals surface area (Å²) in [5.74, 6) is 3.24. The number of hydrogen-bond donors (Lipinski definition) is 0. The second-order valence-electron chi connectivity index (χ2n) is 5.79. The first-order valence-electron chi connectivity index (χ1n) is 7.64. The highest BCUT2D eigenvalue weighted by Gasteiger charge is 2.37. The number of rotatable bonds is 2. The molecule has 2 aliphatic heterocycles. The van der Waals surface area contributed by atoms with E-state index >= 15 is 0 Å². The summed E-state index contributed by atoms with van der Waals surface area (Å²) < 4.78 is 11.2. The first-order chi connectivity index (χ1) is 10.3. The van der Waals surface area contributed by atoms with Crippen LogP contribution in [0.4, 0.5) is 0 Å². The van der Waals surface area contributed by atoms with Gasteiger partial charge in [0.25, 0.3) is 0 Å². The van der Waals surface area contributed by atoms with Crippen LogP contribution in [0.25, 0.3) is 0 Å². The number of nitrogens with zero attached hydrogens (tertiary/aromatic N) is 1. The molecule has 21 heavy (non-hydrogen) atoms. The van der Waals surface area contributed by atoms with Crippen molar-refractivity contribution in [2.45, 2.75) is 24.6 Å². The Balaban J connectivity index is 1.58. The molecule has 0 bridgehead atoms. The van der Waals surface area contributed by atoms with Crippen molar-refractivity contribution < 1.29 is 14.3 Å². The Kier molecular flexibility index (Phi) is 3.45. The molecule has 5 heteroatoms. The van der Waals surface area contributed by atoms with E-state index in [-0.39, 0.29) is 11.3 Å². The van der Waals surface area contributed by atoms with Crippen LogP contribution in [-0.4, -0.2) is 36.3 Å². The van der Waals surface area contributed by atoms with Gasteiger partial charge in [0, 0.05) is 18.2 Å². The van der Waals surface area contributed by atoms with E-state index in [4.69, 9.17) is 9.47 Å². The highest BCUT2D eigenvalue weighted by molar-refractivity contribution is 7.99. The standard InChI is InChI=1S/C16H19NO3S/c18-15(11-2-1-3-11)17-6-9-21-16(17)12-4-5-13-14(10-12)20-8-7-19-13/h4-5,10-11,16H,1-3,6-9H2. The topological polar surface area (TPSA) is 38.8 Å². The molecule has 4 nitrogen and oxygen atoms in total. The van der Waals surface area contributed by atoms with Crippen molar-refractivity contribution in [1.29, 1.82) is 0 Å². The van der Waals surface area contributed by atoms with Gasteiger partial charge in [-0.15, -0.1) is 11.8 Å². The SMILES string of the molecule is O=C(C1CCC1)N1CCSC1c1ccc2c(c1)OCCO2. The summed E-state index contributed by atoms with van der Waals surface area (Å²) in [6.45, 7) is 2.06. The van der Waals surface area contributed by atoms with Gasteiger partial charge in [0.1, 0.15) is 18.6 Å². The number of thioether (sulfide) groups is 1. The van der Waals surface area contributed by atoms with Gasteiger partial charge in [-0.1, -0.05) is 12.5 Å². The summed E-state index contributed by atoms with van der Waals surface area (Å²) >= 11 is 1.84. The molecule has 0 radical (unpaired) electrons. The molecule has 1 saturated carbocycles. The van der Waals surface area contributed by atoms with Crippen LogP contribution in [0.3, 0.4) is 0 Å². The van der Waals surface area contributed by atoms with E-state index in [1.165, 1.54) is 6.42 Å². The number of amides is 1. The van der Waals surface area contributed by atoms with Crippen LogP contribution in [0.2, 0.25) is 0 Å². The molecule has 1 unspecified atom stereocenters. The predicted molar refractivity (Wildman–Crippen MR) is 81.7 cm³/mol. The number of fused-ring (bicyclic) bond motifs is 1. The Bertz CT molecular complexity index is 558. The monoisotopic (exact) mass is 305 g/mol. The summed E-state index contributed by atoms with van der Waals surface area (Å²) in [4.78, 5) is 14.6. The van der Waals surface area contributed by atoms with Gasteiger partial charge < -0.3 is 14.4 Å². The van der Waals surface area contributed by atoms with Crippen LogP contribution in [0.5, 0.6) is 11.5 Å². The highest BCUT2D eigenvalue weighted by atomic mass is 32.2. The lowest BCUT2D eigenvalue weighted by Gasteiger charge is -2.32. The van der Waals surface area contributed by atoms with Gasteiger partial charge in [-0.25, -0.2) is 0 Å². The number of carbonyl (C=O) groups excluding carboxylic acids is 1. The summed E-state index contributed by atoms with van der Waals surface area (Å²) in [7, 11) is 0. The maximum Gasteiger partial charge on any atom is 0.226 e. The minimum atomic E-state index is 0.133. The van der Waals surface area contributed by atoms with Crippen molar-refractivity contribution in [3.8, 4) is 11.5 Å². The molecule has 0 N–H and O–H groups in total. The Labute approximate surface area is 128 Å². The van der Waals surface area contributed by atoms with Gasteiger partial charge in [0.2, 0.25) is 5.91 Å². The fourth-order valence-corrected chi connectivity index (χ4v) is 4.33. The number of carbonyl (C=O) groups is 1. The van der Waals surface area contributed by atoms with Crippen LogP contribution in [0.15, 0.2) is 18.2 Å². The third kappa shape index (κ3) is 2.37. The van der Waals surface area contributed by atoms with E-state index in [1.54, 1.807) is 0 Å². The molecule has 1 aromatic carbocycles. The molecular formula is C16H19NO3S. The molecular weight excluding hydrogens is 286 g/mol. The number of ether oxygens (including phenoxy) is 2. The average Bonchev–Trinajstić information content (AvgIpc) is 2.94. The summed E-state index contributed by atoms with van der Waals surface area (Å²) in [6, 6.07) is 6.07. The van der Waals surface area contributed by atoms with Crippen molar-refractivity contribution in [2.75, 3.05) is 25.5 Å². The van der Waals surface area contributed by atoms with E-state index in [1.807, 2.05) is 23.9 Å². The molecule has 1 saturated heterocycles. The Morgan fingerprint density at radius 2 is 2.00 bits per heavy atom. The van der Waals surface area contributed by atoms with Gasteiger partial charge in [-0.05, 0) is 30.5 Å². The molecule has 112 valence electrons. The van der Waals surface area contributed by atoms with Crippen LogP contribution in [-0.2, 0) is 4.79 Å². The van der Waals surface area contributed by atoms with Gasteiger partial charge in [-0.2, -0.15) is 0 Å². The minimum Gasteiger partial charge on any atom is -0.486 e. The van der Waals surface area contributed by atoms with Crippen molar-refractivity contribution in [3.63, 3.8) is 0 Å². The molecule has 0 spiro atoms. The zero-order valence-corrected chi connectivity index (χ0v) is 12.7. The van der Waals surface area contributed by atoms with Crippen molar-refractivity contribution >= 4 is 17.7 Å². The lowest BCUT2D eigenvalue weighted by atomic mass is 9.84. The van der Waals surface area contributed by atoms with Gasteiger partial charge in [-0.3, -0.25) is 4.79 Å². The maximum atomic E-state index is 12.6. The van der Waals surface area contributed by atoms with Gasteiger partial charge in [0.05, 0.1) is 0 Å². The third-order valence-electron chi connectivity index (χ3n) is 4.48. The Morgan fingerprint density at radius 3 is 2.76 bits per heavy atom. The van der Waals surface area contributed by atoms with Crippen molar-refractivity contribution in [2.24, 2.45) is 5.92 Å². The summed E-state index contributed by atoms with van der Waals surface area (Å²) in [5, 5.41) is 0.133. The second-order valence-corrected chi connectivity index (χ2v) is 6.97. The zero-order valence-electron chi connectivity index (χ0n) is 11.9. The van der Waals surface area contributed by atoms with Gasteiger partial charge in [0.15, 0.2) is 11.5 Å². The fraction of sp³-hybridized carbons (Fsp3) is 0.562. The van der Waals surface area contributed by atoms with E-state index < -0.39 is 0 Å². The first-order valence-corrected chi connectivity index (χ1v) is 8.69. The highest BCUT2D eigenvalue weighted by Crippen LogP contribution is 2.43. The van der Waals surface area contributed by atoms with Crippen LogP contribution in [0, 0.1) is 5.92 Å². The van der Waals surface area contributed by atoms with Crippen LogP contribution < -0.4 is 9.47 Å². The molecule has 3 aliphatic rings. The Morgan fingerprint density at radius 1 is 1.19 bits per heavy atom. The molecule has 1 aromatic rings. The maximum absolute atomic E-state index is 12.6. The molecule has 2 heterocycles. The second kappa shape index (κ2) is 5.44. The third-order valence-corrected chi connectivity index (χ3v) is 5.74. The van der Waals surface area contributed by atoms with E-state index in [0.29, 0.717) is 19.1 Å². The molecule has 2 fully saturated rings. The Hall–Kier alpha value is -1.36. The predicted octanol–water partition coefficient (Wildman–Crippen LogP) is 2.83. The lowest BCUT2D eigenvalue weighted by Crippen LogP contribution is -2.38. The minimum absolute atomic E-state index is 0.133. The molecule has 1 atom stereocenters. The molecule has 1 aliphatic carbocycles. The van der Waals surface area contributed by atoms with Gasteiger partial charge >= 0.3 is 0 Å². The van der Waals surface area contributed by atoms with Crippen LogP contribution >= 0.6 is 11.8 Å². The van der Waals surface area contributed by atoms with E-state index in [0.717, 1.165) is 42.2 Å². The average molecular weight is 305 g/mol. The van der Waals surface area contributed by atoms with E-state index in [2.05, 4.69) is 11.0 Å². The normalized spacial score (nSPS) is 24.8. The first kappa shape index (κ1) is 13.3. The smallest absolute Gasteiger partial charge is 0.226 e. The largest absolute Gasteiger partial charge is 0.486 e. The van der Waals surface area contributed by atoms with Crippen LogP contribution in [0.1, 0.15) is 30.2 Å². The molecule has 0 aromatic heterocycles. The lowest BCUT2D eigenvalue weighted by molar-refractivity contribution is -0.138. The molecule has 4 rings (SSSR count). The fourth-order valence-electron chi connectivity index (χ4n) is 3.08. The number of hydrogen-bond acceptors (Lipinski definition) is 4. The summed E-state index contributed by atoms with van der Waals surface area (Å²) in [6.07, 6.45) is 3.33.